The quantitative estimate of drug-likeness (QED) is 0.249. The second-order valence-corrected chi connectivity index (χ2v) is 7.71. The smallest absolute Gasteiger partial charge is 0.286 e. The van der Waals surface area contributed by atoms with Crippen LogP contribution in [-0.4, -0.2) is 31.5 Å². The van der Waals surface area contributed by atoms with E-state index in [9.17, 15) is 20.0 Å². The van der Waals surface area contributed by atoms with Crippen molar-refractivity contribution in [1.82, 2.24) is 5.01 Å². The number of amides is 1. The normalized spacial score (nSPS) is 16.2. The molecule has 0 bridgehead atoms. The molecule has 2 aromatic rings. The van der Waals surface area contributed by atoms with Crippen LogP contribution in [0.1, 0.15) is 18.1 Å². The fourth-order valence-corrected chi connectivity index (χ4v) is 3.72. The third-order valence-corrected chi connectivity index (χ3v) is 5.14. The van der Waals surface area contributed by atoms with Gasteiger partial charge >= 0.3 is 0 Å². The molecule has 1 amide bonds. The molecule has 7 nitrogen and oxygen atoms in total. The van der Waals surface area contributed by atoms with Crippen molar-refractivity contribution in [2.45, 2.75) is 6.92 Å². The zero-order valence-electron chi connectivity index (χ0n) is 15.2. The summed E-state index contributed by atoms with van der Waals surface area (Å²) >= 11 is 6.33. The lowest BCUT2D eigenvalue weighted by molar-refractivity contribution is -0.384. The van der Waals surface area contributed by atoms with Gasteiger partial charge in [0, 0.05) is 17.7 Å². The lowest BCUT2D eigenvalue weighted by Gasteiger charge is -2.06. The summed E-state index contributed by atoms with van der Waals surface area (Å²) in [5.74, 6) is -0.594. The summed E-state index contributed by atoms with van der Waals surface area (Å²) in [5.41, 5.74) is 1.79. The van der Waals surface area contributed by atoms with Crippen molar-refractivity contribution in [3.8, 4) is 5.75 Å². The number of hydrogen-bond acceptors (Lipinski definition) is 7. The second-order valence-electron chi connectivity index (χ2n) is 6.04. The minimum absolute atomic E-state index is 0.109. The van der Waals surface area contributed by atoms with E-state index in [-0.39, 0.29) is 21.3 Å². The molecular weight excluding hydrogens is 410 g/mol. The molecule has 0 radical (unpaired) electrons. The number of carbonyl (C=O) groups is 1. The standard InChI is InChI=1S/C20H15N3O4S2/c1-13(9-14-5-3-2-4-6-14)10-18-19(25)22(20(28)29-18)21-12-15-11-16(23(26)27)7-8-17(15)24/h2-12,24H,1H3/b13-9+,18-10-,21-12+. The molecule has 0 unspecified atom stereocenters. The third kappa shape index (κ3) is 4.95. The summed E-state index contributed by atoms with van der Waals surface area (Å²) in [4.78, 5) is 23.3. The summed E-state index contributed by atoms with van der Waals surface area (Å²) in [6.45, 7) is 1.88. The molecule has 2 aromatic carbocycles. The molecule has 29 heavy (non-hydrogen) atoms. The zero-order valence-corrected chi connectivity index (χ0v) is 16.8. The Morgan fingerprint density at radius 1 is 1.28 bits per heavy atom. The van der Waals surface area contributed by atoms with Gasteiger partial charge in [-0.25, -0.2) is 0 Å². The molecular formula is C20H15N3O4S2. The SMILES string of the molecule is CC(/C=C1\SC(=S)N(/N=C/c2cc([N+](=O)[O-])ccc2O)C1=O)=C\c1ccccc1. The summed E-state index contributed by atoms with van der Waals surface area (Å²) in [5, 5.41) is 25.8. The number of phenolic OH excluding ortho intramolecular Hbond substituents is 1. The van der Waals surface area contributed by atoms with Gasteiger partial charge in [0.25, 0.3) is 11.6 Å². The van der Waals surface area contributed by atoms with Crippen molar-refractivity contribution < 1.29 is 14.8 Å². The molecule has 1 aliphatic heterocycles. The van der Waals surface area contributed by atoms with Gasteiger partial charge in [0.2, 0.25) is 0 Å². The van der Waals surface area contributed by atoms with E-state index in [0.717, 1.165) is 27.9 Å². The Morgan fingerprint density at radius 3 is 2.69 bits per heavy atom. The largest absolute Gasteiger partial charge is 0.507 e. The molecule has 0 saturated carbocycles. The number of benzene rings is 2. The van der Waals surface area contributed by atoms with E-state index in [1.54, 1.807) is 6.08 Å². The molecule has 1 N–H and O–H groups in total. The highest BCUT2D eigenvalue weighted by molar-refractivity contribution is 8.26. The van der Waals surface area contributed by atoms with E-state index in [1.807, 2.05) is 43.3 Å². The van der Waals surface area contributed by atoms with E-state index < -0.39 is 10.8 Å². The number of nitrogens with zero attached hydrogens (tertiary/aromatic N) is 3. The monoisotopic (exact) mass is 425 g/mol. The number of rotatable bonds is 5. The number of allylic oxidation sites excluding steroid dienone is 2. The molecule has 0 atom stereocenters. The molecule has 0 aliphatic carbocycles. The van der Waals surface area contributed by atoms with Gasteiger partial charge in [-0.15, -0.1) is 0 Å². The van der Waals surface area contributed by atoms with Crippen molar-refractivity contribution in [1.29, 1.82) is 0 Å². The second kappa shape index (κ2) is 8.80. The topological polar surface area (TPSA) is 96.0 Å². The molecule has 9 heteroatoms. The number of thiocarbonyl (C=S) groups is 1. The number of nitro groups is 1. The van der Waals surface area contributed by atoms with Crippen LogP contribution in [0.15, 0.2) is 70.2 Å². The van der Waals surface area contributed by atoms with E-state index in [4.69, 9.17) is 12.2 Å². The minimum Gasteiger partial charge on any atom is -0.507 e. The zero-order chi connectivity index (χ0) is 21.0. The van der Waals surface area contributed by atoms with Crippen LogP contribution in [0, 0.1) is 10.1 Å². The Hall–Kier alpha value is -3.30. The average Bonchev–Trinajstić information content (AvgIpc) is 2.94. The Labute approximate surface area is 176 Å². The van der Waals surface area contributed by atoms with Gasteiger partial charge in [-0.05, 0) is 42.4 Å². The summed E-state index contributed by atoms with van der Waals surface area (Å²) in [6, 6.07) is 13.2. The highest BCUT2D eigenvalue weighted by Gasteiger charge is 2.32. The van der Waals surface area contributed by atoms with Gasteiger partial charge < -0.3 is 5.11 Å². The molecule has 0 spiro atoms. The predicted molar refractivity (Wildman–Crippen MR) is 118 cm³/mol. The number of non-ortho nitro benzene ring substituents is 1. The van der Waals surface area contributed by atoms with Crippen LogP contribution in [0.2, 0.25) is 0 Å². The number of thioether (sulfide) groups is 1. The number of phenols is 1. The fraction of sp³-hybridized carbons (Fsp3) is 0.0500. The van der Waals surface area contributed by atoms with Crippen molar-refractivity contribution in [3.05, 3.63) is 86.3 Å². The van der Waals surface area contributed by atoms with Crippen LogP contribution in [0.4, 0.5) is 5.69 Å². The first-order valence-corrected chi connectivity index (χ1v) is 9.60. The number of carbonyl (C=O) groups excluding carboxylic acids is 1. The first-order valence-electron chi connectivity index (χ1n) is 8.38. The number of hydrogen-bond donors (Lipinski definition) is 1. The van der Waals surface area contributed by atoms with Crippen LogP contribution in [0.3, 0.4) is 0 Å². The number of hydrazone groups is 1. The lowest BCUT2D eigenvalue weighted by atomic mass is 10.1. The molecule has 0 aromatic heterocycles. The van der Waals surface area contributed by atoms with E-state index in [0.29, 0.717) is 4.91 Å². The van der Waals surface area contributed by atoms with Gasteiger partial charge in [0.15, 0.2) is 4.32 Å². The highest BCUT2D eigenvalue weighted by atomic mass is 32.2. The Bertz CT molecular complexity index is 1080. The fourth-order valence-electron chi connectivity index (χ4n) is 2.50. The Kier molecular flexibility index (Phi) is 6.20. The summed E-state index contributed by atoms with van der Waals surface area (Å²) in [6.07, 6.45) is 4.84. The molecule has 1 aliphatic rings. The first-order chi connectivity index (χ1) is 13.8. The van der Waals surface area contributed by atoms with Gasteiger partial charge in [0.1, 0.15) is 5.75 Å². The van der Waals surface area contributed by atoms with Gasteiger partial charge in [-0.2, -0.15) is 10.1 Å². The number of nitro benzene ring substituents is 1. The van der Waals surface area contributed by atoms with Crippen LogP contribution < -0.4 is 0 Å². The van der Waals surface area contributed by atoms with E-state index in [1.165, 1.54) is 24.4 Å². The summed E-state index contributed by atoms with van der Waals surface area (Å²) < 4.78 is 0.231. The van der Waals surface area contributed by atoms with E-state index >= 15 is 0 Å². The van der Waals surface area contributed by atoms with Crippen molar-refractivity contribution in [2.24, 2.45) is 5.10 Å². The maximum Gasteiger partial charge on any atom is 0.286 e. The number of aromatic hydroxyl groups is 1. The van der Waals surface area contributed by atoms with Crippen molar-refractivity contribution in [2.75, 3.05) is 0 Å². The Morgan fingerprint density at radius 2 is 2.00 bits per heavy atom. The van der Waals surface area contributed by atoms with E-state index in [2.05, 4.69) is 5.10 Å². The Balaban J connectivity index is 1.81. The molecule has 1 saturated heterocycles. The van der Waals surface area contributed by atoms with Crippen LogP contribution in [0.25, 0.3) is 6.08 Å². The molecule has 146 valence electrons. The van der Waals surface area contributed by atoms with Gasteiger partial charge in [0.05, 0.1) is 16.0 Å². The average molecular weight is 425 g/mol. The van der Waals surface area contributed by atoms with Crippen LogP contribution >= 0.6 is 24.0 Å². The first kappa shape index (κ1) is 20.4. The third-order valence-electron chi connectivity index (χ3n) is 3.86. The molecule has 1 fully saturated rings. The van der Waals surface area contributed by atoms with Crippen LogP contribution in [-0.2, 0) is 4.79 Å². The highest BCUT2D eigenvalue weighted by Crippen LogP contribution is 2.32. The minimum atomic E-state index is -0.582. The molecule has 1 heterocycles. The van der Waals surface area contributed by atoms with Crippen molar-refractivity contribution >= 4 is 52.2 Å². The maximum absolute atomic E-state index is 12.6. The lowest BCUT2D eigenvalue weighted by Crippen LogP contribution is -2.22. The maximum atomic E-state index is 12.6. The van der Waals surface area contributed by atoms with Crippen LogP contribution in [0.5, 0.6) is 5.75 Å². The predicted octanol–water partition coefficient (Wildman–Crippen LogP) is 4.48. The summed E-state index contributed by atoms with van der Waals surface area (Å²) in [7, 11) is 0. The molecule has 3 rings (SSSR count). The van der Waals surface area contributed by atoms with Crippen molar-refractivity contribution in [3.63, 3.8) is 0 Å². The van der Waals surface area contributed by atoms with Gasteiger partial charge in [-0.1, -0.05) is 48.2 Å². The van der Waals surface area contributed by atoms with Gasteiger partial charge in [-0.3, -0.25) is 14.9 Å².